The van der Waals surface area contributed by atoms with Crippen LogP contribution in [-0.4, -0.2) is 76.7 Å². The molecule has 0 amide bonds. The molecule has 156 valence electrons. The maximum Gasteiger partial charge on any atom is 0.328 e. The summed E-state index contributed by atoms with van der Waals surface area (Å²) in [5.41, 5.74) is 1.96. The minimum absolute atomic E-state index is 0.558. The van der Waals surface area contributed by atoms with E-state index in [-0.39, 0.29) is 0 Å². The van der Waals surface area contributed by atoms with Crippen LogP contribution in [0.5, 0.6) is 5.88 Å². The van der Waals surface area contributed by atoms with Gasteiger partial charge in [0.05, 0.1) is 18.9 Å². The molecule has 0 aliphatic carbocycles. The number of nitrogens with zero attached hydrogens (tertiary/aromatic N) is 2. The third kappa shape index (κ3) is 8.77. The fourth-order valence-corrected chi connectivity index (χ4v) is 2.53. The molecule has 2 heterocycles. The van der Waals surface area contributed by atoms with E-state index in [0.717, 1.165) is 49.1 Å². The standard InChI is InChI=1S/C15H18ClN3O2.C4H4O4/c16-13-3-1-12(2-4-13)14-11-15(18-17-14)21-10-7-19-5-8-20-9-6-19;5-3(6)1-2-4(7)8/h1-4,11H,5-10H2,(H,17,18);1-2H,(H,5,6)(H,7,8)/b;2-1+. The zero-order valence-electron chi connectivity index (χ0n) is 15.6. The van der Waals surface area contributed by atoms with Crippen LogP contribution in [0.3, 0.4) is 0 Å². The Morgan fingerprint density at radius 3 is 2.38 bits per heavy atom. The number of ether oxygens (including phenoxy) is 2. The third-order valence-corrected chi connectivity index (χ3v) is 4.09. The first-order valence-electron chi connectivity index (χ1n) is 8.82. The molecule has 3 rings (SSSR count). The lowest BCUT2D eigenvalue weighted by Crippen LogP contribution is -2.38. The molecule has 0 bridgehead atoms. The van der Waals surface area contributed by atoms with Gasteiger partial charge in [0.25, 0.3) is 0 Å². The summed E-state index contributed by atoms with van der Waals surface area (Å²) in [4.78, 5) is 21.4. The predicted octanol–water partition coefficient (Wildman–Crippen LogP) is 2.15. The third-order valence-electron chi connectivity index (χ3n) is 3.84. The van der Waals surface area contributed by atoms with E-state index in [4.69, 9.17) is 31.3 Å². The quantitative estimate of drug-likeness (QED) is 0.578. The van der Waals surface area contributed by atoms with Crippen LogP contribution < -0.4 is 4.74 Å². The molecule has 0 radical (unpaired) electrons. The molecule has 1 aromatic carbocycles. The molecule has 1 saturated heterocycles. The van der Waals surface area contributed by atoms with Gasteiger partial charge in [0.15, 0.2) is 0 Å². The number of hydrogen-bond acceptors (Lipinski definition) is 6. The van der Waals surface area contributed by atoms with E-state index in [1.165, 1.54) is 0 Å². The number of carboxylic acids is 2. The molecule has 1 aromatic heterocycles. The molecule has 1 fully saturated rings. The van der Waals surface area contributed by atoms with Gasteiger partial charge >= 0.3 is 11.9 Å². The molecule has 29 heavy (non-hydrogen) atoms. The van der Waals surface area contributed by atoms with Crippen molar-refractivity contribution in [3.05, 3.63) is 47.5 Å². The van der Waals surface area contributed by atoms with Gasteiger partial charge in [-0.2, -0.15) is 0 Å². The van der Waals surface area contributed by atoms with Crippen LogP contribution in [0, 0.1) is 0 Å². The van der Waals surface area contributed by atoms with Gasteiger partial charge < -0.3 is 19.7 Å². The fourth-order valence-electron chi connectivity index (χ4n) is 2.40. The van der Waals surface area contributed by atoms with Gasteiger partial charge in [-0.25, -0.2) is 9.59 Å². The summed E-state index contributed by atoms with van der Waals surface area (Å²) >= 11 is 5.88. The lowest BCUT2D eigenvalue weighted by Gasteiger charge is -2.26. The number of hydrogen-bond donors (Lipinski definition) is 3. The zero-order valence-corrected chi connectivity index (χ0v) is 16.3. The Kier molecular flexibility index (Phi) is 9.16. The fraction of sp³-hybridized carbons (Fsp3) is 0.316. The predicted molar refractivity (Wildman–Crippen MR) is 106 cm³/mol. The van der Waals surface area contributed by atoms with E-state index in [0.29, 0.717) is 24.6 Å². The first-order valence-corrected chi connectivity index (χ1v) is 9.20. The maximum atomic E-state index is 9.55. The van der Waals surface area contributed by atoms with E-state index in [1.807, 2.05) is 30.3 Å². The van der Waals surface area contributed by atoms with Crippen LogP contribution in [0.25, 0.3) is 11.3 Å². The van der Waals surface area contributed by atoms with Crippen LogP contribution in [0.4, 0.5) is 0 Å². The molecule has 9 nitrogen and oxygen atoms in total. The molecule has 3 N–H and O–H groups in total. The number of carboxylic acid groups (broad SMARTS) is 2. The monoisotopic (exact) mass is 423 g/mol. The van der Waals surface area contributed by atoms with Gasteiger partial charge in [0.1, 0.15) is 6.61 Å². The second-order valence-electron chi connectivity index (χ2n) is 5.94. The van der Waals surface area contributed by atoms with Crippen molar-refractivity contribution in [2.45, 2.75) is 0 Å². The molecule has 1 aliphatic heterocycles. The smallest absolute Gasteiger partial charge is 0.328 e. The van der Waals surface area contributed by atoms with Gasteiger partial charge in [-0.3, -0.25) is 10.00 Å². The Morgan fingerprint density at radius 2 is 1.79 bits per heavy atom. The van der Waals surface area contributed by atoms with Crippen LogP contribution in [0.15, 0.2) is 42.5 Å². The molecule has 1 aliphatic rings. The van der Waals surface area contributed by atoms with Crippen molar-refractivity contribution in [3.8, 4) is 17.1 Å². The van der Waals surface area contributed by atoms with Gasteiger partial charge in [0.2, 0.25) is 5.88 Å². The summed E-state index contributed by atoms with van der Waals surface area (Å²) in [6.45, 7) is 5.09. The highest BCUT2D eigenvalue weighted by atomic mass is 35.5. The number of morpholine rings is 1. The van der Waals surface area contributed by atoms with E-state index >= 15 is 0 Å². The number of aromatic amines is 1. The summed E-state index contributed by atoms with van der Waals surface area (Å²) in [6.07, 6.45) is 1.12. The normalized spacial score (nSPS) is 14.2. The Labute approximate surface area is 172 Å². The maximum absolute atomic E-state index is 9.55. The molecule has 2 aromatic rings. The second kappa shape index (κ2) is 11.8. The summed E-state index contributed by atoms with van der Waals surface area (Å²) in [5.74, 6) is -1.90. The van der Waals surface area contributed by atoms with Crippen molar-refractivity contribution in [1.29, 1.82) is 0 Å². The van der Waals surface area contributed by atoms with E-state index < -0.39 is 11.9 Å². The summed E-state index contributed by atoms with van der Waals surface area (Å²) in [7, 11) is 0. The summed E-state index contributed by atoms with van der Waals surface area (Å²) in [5, 5.41) is 23.5. The van der Waals surface area contributed by atoms with E-state index in [1.54, 1.807) is 0 Å². The Balaban J connectivity index is 0.000000321. The molecular formula is C19H22ClN3O6. The zero-order chi connectivity index (χ0) is 21.1. The van der Waals surface area contributed by atoms with Crippen molar-refractivity contribution in [1.82, 2.24) is 15.1 Å². The van der Waals surface area contributed by atoms with Crippen LogP contribution in [0.1, 0.15) is 0 Å². The van der Waals surface area contributed by atoms with Crippen LogP contribution in [0.2, 0.25) is 5.02 Å². The highest BCUT2D eigenvalue weighted by Gasteiger charge is 2.10. The minimum Gasteiger partial charge on any atom is -0.478 e. The highest BCUT2D eigenvalue weighted by Crippen LogP contribution is 2.22. The first kappa shape index (κ1) is 22.4. The average Bonchev–Trinajstić information content (AvgIpc) is 3.17. The van der Waals surface area contributed by atoms with Crippen molar-refractivity contribution < 1.29 is 29.3 Å². The molecule has 0 atom stereocenters. The Morgan fingerprint density at radius 1 is 1.17 bits per heavy atom. The highest BCUT2D eigenvalue weighted by molar-refractivity contribution is 6.30. The van der Waals surface area contributed by atoms with Gasteiger partial charge in [-0.1, -0.05) is 23.7 Å². The molecule has 0 spiro atoms. The lowest BCUT2D eigenvalue weighted by molar-refractivity contribution is -0.134. The van der Waals surface area contributed by atoms with Crippen molar-refractivity contribution in [2.75, 3.05) is 39.5 Å². The second-order valence-corrected chi connectivity index (χ2v) is 6.38. The Hall–Kier alpha value is -2.88. The lowest BCUT2D eigenvalue weighted by atomic mass is 10.2. The molecular weight excluding hydrogens is 402 g/mol. The number of halogens is 1. The molecule has 0 saturated carbocycles. The SMILES string of the molecule is Clc1ccc(-c2cc(OCCN3CCOCC3)n[nH]2)cc1.O=C(O)/C=C/C(=O)O. The van der Waals surface area contributed by atoms with Gasteiger partial charge in [-0.15, -0.1) is 5.10 Å². The van der Waals surface area contributed by atoms with Gasteiger partial charge in [0, 0.05) is 42.9 Å². The largest absolute Gasteiger partial charge is 0.478 e. The van der Waals surface area contributed by atoms with E-state index in [2.05, 4.69) is 15.1 Å². The van der Waals surface area contributed by atoms with Crippen molar-refractivity contribution >= 4 is 23.5 Å². The van der Waals surface area contributed by atoms with Crippen molar-refractivity contribution in [2.24, 2.45) is 0 Å². The number of nitrogens with one attached hydrogen (secondary N) is 1. The van der Waals surface area contributed by atoms with Gasteiger partial charge in [-0.05, 0) is 17.7 Å². The van der Waals surface area contributed by atoms with Crippen LogP contribution in [-0.2, 0) is 14.3 Å². The average molecular weight is 424 g/mol. The van der Waals surface area contributed by atoms with Crippen LogP contribution >= 0.6 is 11.6 Å². The topological polar surface area (TPSA) is 125 Å². The first-order chi connectivity index (χ1) is 13.9. The minimum atomic E-state index is -1.26. The molecule has 0 unspecified atom stereocenters. The number of aromatic nitrogens is 2. The molecule has 10 heteroatoms. The summed E-state index contributed by atoms with van der Waals surface area (Å²) in [6, 6.07) is 9.52. The van der Waals surface area contributed by atoms with Crippen molar-refractivity contribution in [3.63, 3.8) is 0 Å². The number of H-pyrrole nitrogens is 1. The number of carbonyl (C=O) groups is 2. The summed E-state index contributed by atoms with van der Waals surface area (Å²) < 4.78 is 11.0. The Bertz CT molecular complexity index is 800. The number of aliphatic carboxylic acids is 2. The number of benzene rings is 1. The van der Waals surface area contributed by atoms with E-state index in [9.17, 15) is 9.59 Å². The number of rotatable bonds is 7.